The molecule has 0 unspecified atom stereocenters. The summed E-state index contributed by atoms with van der Waals surface area (Å²) < 4.78 is 5.29. The molecule has 2 aromatic heterocycles. The van der Waals surface area contributed by atoms with Crippen molar-refractivity contribution in [2.45, 2.75) is 13.8 Å². The fourth-order valence-electron chi connectivity index (χ4n) is 2.33. The molecule has 0 spiro atoms. The predicted octanol–water partition coefficient (Wildman–Crippen LogP) is 3.11. The van der Waals surface area contributed by atoms with Crippen molar-refractivity contribution in [3.63, 3.8) is 0 Å². The number of benzene rings is 1. The summed E-state index contributed by atoms with van der Waals surface area (Å²) in [6.07, 6.45) is 0. The van der Waals surface area contributed by atoms with Crippen LogP contribution in [0.3, 0.4) is 0 Å². The van der Waals surface area contributed by atoms with E-state index in [1.165, 1.54) is 0 Å². The van der Waals surface area contributed by atoms with Crippen molar-refractivity contribution < 1.29 is 14.0 Å². The third-order valence-corrected chi connectivity index (χ3v) is 3.64. The van der Waals surface area contributed by atoms with Gasteiger partial charge in [-0.15, -0.1) is 0 Å². The van der Waals surface area contributed by atoms with Gasteiger partial charge in [-0.1, -0.05) is 11.6 Å². The summed E-state index contributed by atoms with van der Waals surface area (Å²) in [5.74, 6) is 0.233. The lowest BCUT2D eigenvalue weighted by molar-refractivity contribution is 0.0843. The molecule has 0 saturated heterocycles. The second kappa shape index (κ2) is 5.81. The molecule has 6 nitrogen and oxygen atoms in total. The van der Waals surface area contributed by atoms with Crippen molar-refractivity contribution in [1.82, 2.24) is 15.8 Å². The number of fused-ring (bicyclic) bond motifs is 1. The van der Waals surface area contributed by atoms with Crippen LogP contribution in [0, 0.1) is 13.8 Å². The summed E-state index contributed by atoms with van der Waals surface area (Å²) in [5.41, 5.74) is 6.21. The van der Waals surface area contributed by atoms with Gasteiger partial charge in [0.25, 0.3) is 11.8 Å². The van der Waals surface area contributed by atoms with Gasteiger partial charge in [0.1, 0.15) is 17.2 Å². The van der Waals surface area contributed by atoms with Crippen molar-refractivity contribution in [3.8, 4) is 0 Å². The summed E-state index contributed by atoms with van der Waals surface area (Å²) in [5, 5.41) is 1.40. The molecule has 0 aliphatic rings. The number of aromatic amines is 1. The number of halogens is 1. The molecule has 3 N–H and O–H groups in total. The van der Waals surface area contributed by atoms with Gasteiger partial charge in [-0.2, -0.15) is 0 Å². The first-order chi connectivity index (χ1) is 10.9. The summed E-state index contributed by atoms with van der Waals surface area (Å²) >= 11 is 5.91. The molecular weight excluding hydrogens is 318 g/mol. The van der Waals surface area contributed by atoms with Crippen LogP contribution >= 0.6 is 11.6 Å². The first-order valence-corrected chi connectivity index (χ1v) is 7.28. The van der Waals surface area contributed by atoms with E-state index in [9.17, 15) is 9.59 Å². The van der Waals surface area contributed by atoms with Gasteiger partial charge < -0.3 is 9.40 Å². The van der Waals surface area contributed by atoms with Gasteiger partial charge in [-0.3, -0.25) is 20.4 Å². The third kappa shape index (κ3) is 3.07. The van der Waals surface area contributed by atoms with Gasteiger partial charge in [0.05, 0.1) is 5.56 Å². The maximum absolute atomic E-state index is 12.1. The molecule has 118 valence electrons. The van der Waals surface area contributed by atoms with Crippen molar-refractivity contribution in [2.24, 2.45) is 0 Å². The average Bonchev–Trinajstić information content (AvgIpc) is 3.06. The van der Waals surface area contributed by atoms with E-state index in [0.29, 0.717) is 27.8 Å². The second-order valence-electron chi connectivity index (χ2n) is 5.15. The van der Waals surface area contributed by atoms with Crippen LogP contribution in [-0.2, 0) is 0 Å². The van der Waals surface area contributed by atoms with E-state index in [0.717, 1.165) is 10.9 Å². The lowest BCUT2D eigenvalue weighted by atomic mass is 10.2. The molecule has 0 atom stereocenters. The summed E-state index contributed by atoms with van der Waals surface area (Å²) in [6, 6.07) is 8.54. The molecule has 1 aromatic carbocycles. The Morgan fingerprint density at radius 2 is 1.83 bits per heavy atom. The van der Waals surface area contributed by atoms with Crippen molar-refractivity contribution >= 4 is 34.3 Å². The zero-order valence-corrected chi connectivity index (χ0v) is 13.2. The molecule has 0 bridgehead atoms. The number of hydrazine groups is 1. The first kappa shape index (κ1) is 15.2. The number of H-pyrrole nitrogens is 1. The van der Waals surface area contributed by atoms with Crippen LogP contribution in [0.1, 0.15) is 32.4 Å². The maximum atomic E-state index is 12.1. The third-order valence-electron chi connectivity index (χ3n) is 3.40. The maximum Gasteiger partial charge on any atom is 0.286 e. The summed E-state index contributed by atoms with van der Waals surface area (Å²) in [7, 11) is 0. The van der Waals surface area contributed by atoms with Crippen molar-refractivity contribution in [2.75, 3.05) is 0 Å². The molecule has 3 rings (SSSR count). The Labute approximate surface area is 136 Å². The standard InChI is InChI=1S/C16H14ClN3O3/c1-8-5-12(9(2)23-8)15(21)19-20-16(22)14-7-10-6-11(17)3-4-13(10)18-14/h3-7,18H,1-2H3,(H,19,21)(H,20,22). The normalized spacial score (nSPS) is 10.7. The van der Waals surface area contributed by atoms with E-state index >= 15 is 0 Å². The van der Waals surface area contributed by atoms with E-state index in [-0.39, 0.29) is 0 Å². The summed E-state index contributed by atoms with van der Waals surface area (Å²) in [4.78, 5) is 27.1. The zero-order chi connectivity index (χ0) is 16.6. The number of hydrogen-bond acceptors (Lipinski definition) is 3. The highest BCUT2D eigenvalue weighted by atomic mass is 35.5. The van der Waals surface area contributed by atoms with Gasteiger partial charge >= 0.3 is 0 Å². The molecule has 3 aromatic rings. The molecule has 7 heteroatoms. The highest BCUT2D eigenvalue weighted by Crippen LogP contribution is 2.20. The lowest BCUT2D eigenvalue weighted by Crippen LogP contribution is -2.41. The van der Waals surface area contributed by atoms with Crippen LogP contribution < -0.4 is 10.9 Å². The van der Waals surface area contributed by atoms with Gasteiger partial charge in [0, 0.05) is 15.9 Å². The number of hydrogen-bond donors (Lipinski definition) is 3. The summed E-state index contributed by atoms with van der Waals surface area (Å²) in [6.45, 7) is 3.43. The minimum Gasteiger partial charge on any atom is -0.466 e. The number of aryl methyl sites for hydroxylation is 2. The Bertz CT molecular complexity index is 911. The van der Waals surface area contributed by atoms with Crippen LogP contribution in [0.4, 0.5) is 0 Å². The van der Waals surface area contributed by atoms with E-state index in [2.05, 4.69) is 15.8 Å². The molecule has 2 heterocycles. The zero-order valence-electron chi connectivity index (χ0n) is 12.5. The van der Waals surface area contributed by atoms with E-state index in [4.69, 9.17) is 16.0 Å². The molecule has 2 amide bonds. The van der Waals surface area contributed by atoms with Gasteiger partial charge in [0.2, 0.25) is 0 Å². The molecule has 0 aliphatic carbocycles. The second-order valence-corrected chi connectivity index (χ2v) is 5.59. The number of amides is 2. The van der Waals surface area contributed by atoms with E-state index in [1.54, 1.807) is 44.2 Å². The lowest BCUT2D eigenvalue weighted by Gasteiger charge is -2.05. The minimum atomic E-state index is -0.455. The van der Waals surface area contributed by atoms with Gasteiger partial charge in [-0.25, -0.2) is 0 Å². The molecule has 0 fully saturated rings. The quantitative estimate of drug-likeness (QED) is 0.630. The fraction of sp³-hybridized carbons (Fsp3) is 0.125. The Morgan fingerprint density at radius 3 is 2.52 bits per heavy atom. The number of aromatic nitrogens is 1. The Hall–Kier alpha value is -2.73. The molecular formula is C16H14ClN3O3. The molecule has 23 heavy (non-hydrogen) atoms. The van der Waals surface area contributed by atoms with Crippen LogP contribution in [0.15, 0.2) is 34.7 Å². The number of carbonyl (C=O) groups is 2. The SMILES string of the molecule is Cc1cc(C(=O)NNC(=O)c2cc3cc(Cl)ccc3[nH]2)c(C)o1. The van der Waals surface area contributed by atoms with Gasteiger partial charge in [-0.05, 0) is 44.2 Å². The fourth-order valence-corrected chi connectivity index (χ4v) is 2.51. The Morgan fingerprint density at radius 1 is 1.09 bits per heavy atom. The first-order valence-electron chi connectivity index (χ1n) is 6.90. The predicted molar refractivity (Wildman–Crippen MR) is 86.4 cm³/mol. The topological polar surface area (TPSA) is 87.1 Å². The van der Waals surface area contributed by atoms with Crippen molar-refractivity contribution in [1.29, 1.82) is 0 Å². The van der Waals surface area contributed by atoms with Crippen molar-refractivity contribution in [3.05, 3.63) is 58.1 Å². The van der Waals surface area contributed by atoms with Crippen LogP contribution in [-0.4, -0.2) is 16.8 Å². The number of nitrogens with one attached hydrogen (secondary N) is 3. The molecule has 0 aliphatic heterocycles. The van der Waals surface area contributed by atoms with Crippen LogP contribution in [0.5, 0.6) is 0 Å². The number of rotatable bonds is 2. The smallest absolute Gasteiger partial charge is 0.286 e. The van der Waals surface area contributed by atoms with Crippen LogP contribution in [0.2, 0.25) is 5.02 Å². The Kier molecular flexibility index (Phi) is 3.83. The minimum absolute atomic E-state index is 0.322. The van der Waals surface area contributed by atoms with Crippen LogP contribution in [0.25, 0.3) is 10.9 Å². The molecule has 0 saturated carbocycles. The monoisotopic (exact) mass is 331 g/mol. The number of carbonyl (C=O) groups excluding carboxylic acids is 2. The average molecular weight is 332 g/mol. The van der Waals surface area contributed by atoms with E-state index in [1.807, 2.05) is 0 Å². The Balaban J connectivity index is 1.71. The number of furan rings is 1. The largest absolute Gasteiger partial charge is 0.466 e. The highest BCUT2D eigenvalue weighted by molar-refractivity contribution is 6.31. The highest BCUT2D eigenvalue weighted by Gasteiger charge is 2.15. The van der Waals surface area contributed by atoms with Gasteiger partial charge in [0.15, 0.2) is 0 Å². The van der Waals surface area contributed by atoms with E-state index < -0.39 is 11.8 Å². The molecule has 0 radical (unpaired) electrons.